The summed E-state index contributed by atoms with van der Waals surface area (Å²) >= 11 is 0. The molecule has 1 aromatic heterocycles. The number of rotatable bonds is 1. The molecular formula is C12H21P3. The minimum Gasteiger partial charge on any atom is -0.102 e. The van der Waals surface area contributed by atoms with Gasteiger partial charge in [-0.25, -0.2) is 0 Å². The summed E-state index contributed by atoms with van der Waals surface area (Å²) in [5, 5.41) is 3.60. The average molecular weight is 258 g/mol. The Balaban J connectivity index is 2.02. The second kappa shape index (κ2) is 6.39. The van der Waals surface area contributed by atoms with Gasteiger partial charge in [-0.2, -0.15) is 0 Å². The molecule has 1 aliphatic carbocycles. The minimum atomic E-state index is 0.965. The first-order chi connectivity index (χ1) is 7.38. The summed E-state index contributed by atoms with van der Waals surface area (Å²) in [5.41, 5.74) is 0. The minimum absolute atomic E-state index is 0.965. The smallest absolute Gasteiger partial charge is 0.00573 e. The van der Waals surface area contributed by atoms with Gasteiger partial charge < -0.3 is 0 Å². The molecule has 0 nitrogen and oxygen atoms in total. The molecule has 0 spiro atoms. The third-order valence-electron chi connectivity index (χ3n) is 3.50. The lowest BCUT2D eigenvalue weighted by molar-refractivity contribution is 0.546. The van der Waals surface area contributed by atoms with E-state index >= 15 is 0 Å². The van der Waals surface area contributed by atoms with Crippen LogP contribution >= 0.6 is 23.3 Å². The van der Waals surface area contributed by atoms with E-state index in [1.54, 1.807) is 20.7 Å². The molecule has 0 aliphatic heterocycles. The fraction of sp³-hybridized carbons (Fsp3) is 0.833. The molecule has 1 fully saturated rings. The van der Waals surface area contributed by atoms with Crippen molar-refractivity contribution in [2.45, 2.75) is 64.2 Å². The lowest BCUT2D eigenvalue weighted by Gasteiger charge is -2.15. The van der Waals surface area contributed by atoms with Crippen LogP contribution in [-0.2, 0) is 0 Å². The molecule has 0 radical (unpaired) electrons. The second-order valence-electron chi connectivity index (χ2n) is 4.72. The summed E-state index contributed by atoms with van der Waals surface area (Å²) in [6.07, 6.45) is 11.9. The van der Waals surface area contributed by atoms with Gasteiger partial charge in [-0.05, 0) is 51.7 Å². The van der Waals surface area contributed by atoms with Gasteiger partial charge in [0.15, 0.2) is 0 Å². The zero-order chi connectivity index (χ0) is 10.5. The van der Waals surface area contributed by atoms with Gasteiger partial charge in [-0.3, -0.25) is 0 Å². The van der Waals surface area contributed by atoms with Crippen LogP contribution in [-0.4, -0.2) is 0 Å². The van der Waals surface area contributed by atoms with Crippen LogP contribution in [0.1, 0.15) is 67.9 Å². The number of hydrogen-bond acceptors (Lipinski definition) is 0. The van der Waals surface area contributed by atoms with Crippen molar-refractivity contribution in [3.63, 3.8) is 0 Å². The standard InChI is InChI=1S/C12H21P3/c1-10-12(14-15-13-10)11-8-6-4-2-3-5-7-9-11/h11,13H,2-9H2,1H3. The maximum Gasteiger partial charge on any atom is -0.00573 e. The van der Waals surface area contributed by atoms with Crippen LogP contribution in [0.3, 0.4) is 0 Å². The molecule has 1 aliphatic rings. The average Bonchev–Trinajstić information content (AvgIpc) is 2.68. The van der Waals surface area contributed by atoms with Crippen molar-refractivity contribution in [3.05, 3.63) is 10.6 Å². The summed E-state index contributed by atoms with van der Waals surface area (Å²) < 4.78 is 0. The second-order valence-corrected chi connectivity index (χ2v) is 10.2. The number of aryl methyl sites for hydroxylation is 1. The Bertz CT molecular complexity index is 283. The van der Waals surface area contributed by atoms with E-state index in [4.69, 9.17) is 0 Å². The van der Waals surface area contributed by atoms with Crippen LogP contribution < -0.4 is 0 Å². The SMILES string of the molecule is Cc1[pH]ppc1C1CCCCCCCC1. The maximum absolute atomic E-state index is 2.38. The first-order valence-electron chi connectivity index (χ1n) is 6.25. The molecule has 3 heteroatoms. The van der Waals surface area contributed by atoms with Crippen LogP contribution in [0.2, 0.25) is 0 Å². The van der Waals surface area contributed by atoms with Gasteiger partial charge in [-0.1, -0.05) is 38.5 Å². The zero-order valence-corrected chi connectivity index (χ0v) is 12.4. The predicted octanol–water partition coefficient (Wildman–Crippen LogP) is 6.40. The monoisotopic (exact) mass is 258 g/mol. The van der Waals surface area contributed by atoms with Gasteiger partial charge in [0.2, 0.25) is 0 Å². The maximum atomic E-state index is 2.38. The van der Waals surface area contributed by atoms with Gasteiger partial charge in [0.05, 0.1) is 0 Å². The molecule has 84 valence electrons. The van der Waals surface area contributed by atoms with Crippen LogP contribution in [0.15, 0.2) is 0 Å². The Kier molecular flexibility index (Phi) is 5.16. The zero-order valence-electron chi connectivity index (χ0n) is 9.63. The summed E-state index contributed by atoms with van der Waals surface area (Å²) in [7, 11) is 4.45. The van der Waals surface area contributed by atoms with Crippen molar-refractivity contribution in [1.82, 2.24) is 0 Å². The van der Waals surface area contributed by atoms with Crippen LogP contribution in [0, 0.1) is 6.92 Å². The molecule has 1 heterocycles. The summed E-state index contributed by atoms with van der Waals surface area (Å²) in [6.45, 7) is 2.38. The van der Waals surface area contributed by atoms with Crippen LogP contribution in [0.25, 0.3) is 0 Å². The lowest BCUT2D eigenvalue weighted by atomic mass is 9.95. The summed E-state index contributed by atoms with van der Waals surface area (Å²) in [4.78, 5) is 0. The Morgan fingerprint density at radius 3 is 2.13 bits per heavy atom. The van der Waals surface area contributed by atoms with E-state index in [0.717, 1.165) is 13.8 Å². The van der Waals surface area contributed by atoms with Crippen LogP contribution in [0.4, 0.5) is 0 Å². The van der Waals surface area contributed by atoms with E-state index in [0.29, 0.717) is 0 Å². The van der Waals surface area contributed by atoms with Crippen LogP contribution in [0.5, 0.6) is 0 Å². The van der Waals surface area contributed by atoms with Gasteiger partial charge in [0.25, 0.3) is 0 Å². The Labute approximate surface area is 98.3 Å². The lowest BCUT2D eigenvalue weighted by Crippen LogP contribution is -1.97. The molecule has 0 saturated heterocycles. The van der Waals surface area contributed by atoms with Gasteiger partial charge in [0.1, 0.15) is 0 Å². The summed E-state index contributed by atoms with van der Waals surface area (Å²) in [6, 6.07) is 0. The highest BCUT2D eigenvalue weighted by Crippen LogP contribution is 2.47. The molecule has 1 unspecified atom stereocenters. The predicted molar refractivity (Wildman–Crippen MR) is 75.4 cm³/mol. The van der Waals surface area contributed by atoms with Crippen molar-refractivity contribution in [2.24, 2.45) is 0 Å². The third kappa shape index (κ3) is 3.56. The molecule has 1 atom stereocenters. The molecule has 1 saturated carbocycles. The molecule has 1 aromatic rings. The highest BCUT2D eigenvalue weighted by Gasteiger charge is 2.15. The molecule has 0 aromatic carbocycles. The van der Waals surface area contributed by atoms with E-state index in [1.807, 2.05) is 5.30 Å². The largest absolute Gasteiger partial charge is 0.102 e. The summed E-state index contributed by atoms with van der Waals surface area (Å²) in [5.74, 6) is 0.965. The molecule has 0 bridgehead atoms. The molecule has 15 heavy (non-hydrogen) atoms. The Hall–Kier alpha value is 0.640. The van der Waals surface area contributed by atoms with E-state index in [-0.39, 0.29) is 0 Å². The van der Waals surface area contributed by atoms with Crippen molar-refractivity contribution < 1.29 is 0 Å². The molecule has 2 rings (SSSR count). The van der Waals surface area contributed by atoms with E-state index in [2.05, 4.69) is 6.92 Å². The van der Waals surface area contributed by atoms with Gasteiger partial charge in [-0.15, -0.1) is 7.87 Å². The van der Waals surface area contributed by atoms with Gasteiger partial charge >= 0.3 is 0 Å². The van der Waals surface area contributed by atoms with E-state index in [9.17, 15) is 0 Å². The highest BCUT2D eigenvalue weighted by molar-refractivity contribution is 8.17. The van der Waals surface area contributed by atoms with E-state index < -0.39 is 0 Å². The molecule has 0 N–H and O–H groups in total. The van der Waals surface area contributed by atoms with E-state index in [1.165, 1.54) is 51.4 Å². The first kappa shape index (κ1) is 12.1. The quantitative estimate of drug-likeness (QED) is 0.546. The first-order valence-corrected chi connectivity index (χ1v) is 10.6. The topological polar surface area (TPSA) is 0 Å². The number of hydrogen-bond donors (Lipinski definition) is 0. The molecule has 0 amide bonds. The normalized spacial score (nSPS) is 22.2. The van der Waals surface area contributed by atoms with Crippen molar-refractivity contribution in [2.75, 3.05) is 0 Å². The fourth-order valence-electron chi connectivity index (χ4n) is 2.58. The van der Waals surface area contributed by atoms with Crippen molar-refractivity contribution in [3.8, 4) is 0 Å². The highest BCUT2D eigenvalue weighted by atomic mass is 32.1. The Morgan fingerprint density at radius 2 is 1.60 bits per heavy atom. The Morgan fingerprint density at radius 1 is 1.00 bits per heavy atom. The van der Waals surface area contributed by atoms with Crippen molar-refractivity contribution in [1.29, 1.82) is 0 Å². The molecular weight excluding hydrogens is 237 g/mol. The third-order valence-corrected chi connectivity index (χ3v) is 9.49. The van der Waals surface area contributed by atoms with Crippen molar-refractivity contribution >= 4 is 23.3 Å². The van der Waals surface area contributed by atoms with Gasteiger partial charge in [0, 0.05) is 0 Å². The fourth-order valence-corrected chi connectivity index (χ4v) is 9.65.